The highest BCUT2D eigenvalue weighted by atomic mass is 16.5. The minimum absolute atomic E-state index is 0.0816. The summed E-state index contributed by atoms with van der Waals surface area (Å²) in [5.41, 5.74) is 2.14. The molecule has 2 aromatic heterocycles. The molecule has 0 radical (unpaired) electrons. The topological polar surface area (TPSA) is 83.7 Å². The van der Waals surface area contributed by atoms with E-state index >= 15 is 0 Å². The van der Waals surface area contributed by atoms with Gasteiger partial charge in [0.1, 0.15) is 5.75 Å². The molecule has 2 aromatic rings. The van der Waals surface area contributed by atoms with Crippen LogP contribution >= 0.6 is 0 Å². The van der Waals surface area contributed by atoms with Gasteiger partial charge < -0.3 is 19.6 Å². The zero-order valence-corrected chi connectivity index (χ0v) is 17.0. The van der Waals surface area contributed by atoms with Crippen LogP contribution in [-0.4, -0.2) is 68.4 Å². The van der Waals surface area contributed by atoms with Crippen LogP contribution in [0.4, 0.5) is 0 Å². The van der Waals surface area contributed by atoms with Gasteiger partial charge in [0.15, 0.2) is 5.69 Å². The van der Waals surface area contributed by atoms with Crippen molar-refractivity contribution < 1.29 is 14.6 Å². The number of fused-ring (bicyclic) bond motifs is 1. The number of pyridine rings is 1. The molecule has 0 aliphatic carbocycles. The van der Waals surface area contributed by atoms with Gasteiger partial charge in [-0.25, -0.2) is 4.98 Å². The molecule has 1 atom stereocenters. The molecule has 2 aliphatic heterocycles. The maximum Gasteiger partial charge on any atom is 0.276 e. The van der Waals surface area contributed by atoms with Crippen molar-refractivity contribution in [3.8, 4) is 5.75 Å². The quantitative estimate of drug-likeness (QED) is 0.767. The summed E-state index contributed by atoms with van der Waals surface area (Å²) in [6.45, 7) is 4.41. The summed E-state index contributed by atoms with van der Waals surface area (Å²) in [5.74, 6) is -0.328. The van der Waals surface area contributed by atoms with Crippen molar-refractivity contribution in [3.05, 3.63) is 41.5 Å². The van der Waals surface area contributed by atoms with Gasteiger partial charge in [0, 0.05) is 25.9 Å². The first-order chi connectivity index (χ1) is 14.1. The Morgan fingerprint density at radius 1 is 1.41 bits per heavy atom. The van der Waals surface area contributed by atoms with Crippen molar-refractivity contribution in [2.24, 2.45) is 0 Å². The first-order valence-electron chi connectivity index (χ1n) is 10.4. The Labute approximate surface area is 171 Å². The van der Waals surface area contributed by atoms with Crippen molar-refractivity contribution in [2.75, 3.05) is 26.7 Å². The van der Waals surface area contributed by atoms with Crippen molar-refractivity contribution in [1.29, 1.82) is 0 Å². The van der Waals surface area contributed by atoms with Crippen molar-refractivity contribution in [1.82, 2.24) is 24.6 Å². The van der Waals surface area contributed by atoms with E-state index in [4.69, 9.17) is 9.84 Å². The summed E-state index contributed by atoms with van der Waals surface area (Å²) in [5, 5.41) is 14.6. The molecule has 1 saturated heterocycles. The molecular weight excluding hydrogens is 370 g/mol. The predicted molar refractivity (Wildman–Crippen MR) is 107 cm³/mol. The highest BCUT2D eigenvalue weighted by molar-refractivity contribution is 5.94. The van der Waals surface area contributed by atoms with Crippen molar-refractivity contribution >= 4 is 5.91 Å². The molecule has 0 bridgehead atoms. The fraction of sp³-hybridized carbons (Fsp3) is 0.571. The van der Waals surface area contributed by atoms with Crippen LogP contribution < -0.4 is 0 Å². The Morgan fingerprint density at radius 3 is 3.10 bits per heavy atom. The molecule has 8 heteroatoms. The molecule has 29 heavy (non-hydrogen) atoms. The zero-order valence-electron chi connectivity index (χ0n) is 17.0. The second-order valence-corrected chi connectivity index (χ2v) is 7.96. The van der Waals surface area contributed by atoms with E-state index in [0.717, 1.165) is 43.9 Å². The van der Waals surface area contributed by atoms with Gasteiger partial charge in [-0.3, -0.25) is 9.48 Å². The van der Waals surface area contributed by atoms with Crippen LogP contribution in [0.3, 0.4) is 0 Å². The van der Waals surface area contributed by atoms with Gasteiger partial charge in [-0.15, -0.1) is 0 Å². The molecule has 4 rings (SSSR count). The largest absolute Gasteiger partial charge is 0.505 e. The number of amides is 1. The second-order valence-electron chi connectivity index (χ2n) is 7.96. The van der Waals surface area contributed by atoms with Crippen LogP contribution in [0, 0.1) is 0 Å². The molecule has 4 heterocycles. The molecule has 1 amide bonds. The number of carbonyl (C=O) groups is 1. The first-order valence-corrected chi connectivity index (χ1v) is 10.4. The predicted octanol–water partition coefficient (Wildman–Crippen LogP) is 2.03. The van der Waals surface area contributed by atoms with E-state index < -0.39 is 0 Å². The Morgan fingerprint density at radius 2 is 2.31 bits per heavy atom. The van der Waals surface area contributed by atoms with Crippen LogP contribution in [0.25, 0.3) is 0 Å². The van der Waals surface area contributed by atoms with E-state index in [-0.39, 0.29) is 17.4 Å². The summed E-state index contributed by atoms with van der Waals surface area (Å²) in [4.78, 5) is 20.7. The van der Waals surface area contributed by atoms with Crippen LogP contribution in [0.1, 0.15) is 47.6 Å². The molecule has 0 spiro atoms. The van der Waals surface area contributed by atoms with Crippen LogP contribution in [0.2, 0.25) is 0 Å². The lowest BCUT2D eigenvalue weighted by atomic mass is 10.1. The third-order valence-corrected chi connectivity index (χ3v) is 5.65. The second kappa shape index (κ2) is 8.92. The number of nitrogens with zero attached hydrogens (tertiary/aromatic N) is 5. The first kappa shape index (κ1) is 19.8. The molecule has 1 fully saturated rings. The van der Waals surface area contributed by atoms with Gasteiger partial charge >= 0.3 is 0 Å². The van der Waals surface area contributed by atoms with Gasteiger partial charge in [-0.2, -0.15) is 5.10 Å². The number of aromatic nitrogens is 3. The minimum atomic E-state index is -0.247. The number of hydrogen-bond acceptors (Lipinski definition) is 6. The number of hydrogen-bond donors (Lipinski definition) is 1. The average Bonchev–Trinajstić information content (AvgIpc) is 3.36. The number of rotatable bonds is 7. The molecule has 1 N–H and O–H groups in total. The highest BCUT2D eigenvalue weighted by Crippen LogP contribution is 2.21. The summed E-state index contributed by atoms with van der Waals surface area (Å²) < 4.78 is 7.67. The van der Waals surface area contributed by atoms with Crippen LogP contribution in [0.5, 0.6) is 5.75 Å². The zero-order chi connectivity index (χ0) is 20.2. The fourth-order valence-electron chi connectivity index (χ4n) is 4.10. The minimum Gasteiger partial charge on any atom is -0.505 e. The molecule has 0 aromatic carbocycles. The lowest BCUT2D eigenvalue weighted by molar-refractivity contribution is 0.0696. The van der Waals surface area contributed by atoms with E-state index in [1.165, 1.54) is 25.1 Å². The average molecular weight is 399 g/mol. The van der Waals surface area contributed by atoms with Gasteiger partial charge in [0.25, 0.3) is 5.91 Å². The van der Waals surface area contributed by atoms with E-state index in [0.29, 0.717) is 25.7 Å². The normalized spacial score (nSPS) is 19.0. The van der Waals surface area contributed by atoms with E-state index in [1.807, 2.05) is 4.68 Å². The number of aromatic hydroxyl groups is 1. The standard InChI is InChI=1S/C21H29N5O3/c1-24(9-3-5-18-6-4-12-29-18)14-16-13-17-15-25(10-11-26(17)23-16)21(28)20-19(27)7-2-8-22-20/h2,7-8,13,18,27H,3-6,9-12,14-15H2,1H3. The summed E-state index contributed by atoms with van der Waals surface area (Å²) >= 11 is 0. The van der Waals surface area contributed by atoms with E-state index in [9.17, 15) is 9.90 Å². The van der Waals surface area contributed by atoms with Crippen molar-refractivity contribution in [3.63, 3.8) is 0 Å². The Balaban J connectivity index is 1.31. The van der Waals surface area contributed by atoms with E-state index in [1.54, 1.807) is 11.0 Å². The lowest BCUT2D eigenvalue weighted by Gasteiger charge is -2.27. The van der Waals surface area contributed by atoms with Crippen LogP contribution in [-0.2, 0) is 24.4 Å². The molecular formula is C21H29N5O3. The molecule has 1 unspecified atom stereocenters. The molecule has 156 valence electrons. The van der Waals surface area contributed by atoms with Crippen LogP contribution in [0.15, 0.2) is 24.4 Å². The summed E-state index contributed by atoms with van der Waals surface area (Å²) in [6, 6.07) is 5.18. The Bertz CT molecular complexity index is 847. The maximum atomic E-state index is 12.7. The third-order valence-electron chi connectivity index (χ3n) is 5.65. The number of carbonyl (C=O) groups excluding carboxylic acids is 1. The SMILES string of the molecule is CN(CCCC1CCCO1)Cc1cc2n(n1)CCN(C(=O)c1ncccc1O)C2. The maximum absolute atomic E-state index is 12.7. The van der Waals surface area contributed by atoms with Gasteiger partial charge in [-0.1, -0.05) is 0 Å². The smallest absolute Gasteiger partial charge is 0.276 e. The monoisotopic (exact) mass is 399 g/mol. The third kappa shape index (κ3) is 4.76. The van der Waals surface area contributed by atoms with Gasteiger partial charge in [-0.05, 0) is 57.5 Å². The van der Waals surface area contributed by atoms with E-state index in [2.05, 4.69) is 23.0 Å². The lowest BCUT2D eigenvalue weighted by Crippen LogP contribution is -2.38. The Hall–Kier alpha value is -2.45. The highest BCUT2D eigenvalue weighted by Gasteiger charge is 2.26. The molecule has 0 saturated carbocycles. The Kier molecular flexibility index (Phi) is 6.10. The molecule has 2 aliphatic rings. The summed E-state index contributed by atoms with van der Waals surface area (Å²) in [6.07, 6.45) is 6.62. The number of ether oxygens (including phenoxy) is 1. The van der Waals surface area contributed by atoms with Crippen molar-refractivity contribution in [2.45, 2.75) is 51.4 Å². The fourth-order valence-corrected chi connectivity index (χ4v) is 4.10. The van der Waals surface area contributed by atoms with Gasteiger partial charge in [0.2, 0.25) is 0 Å². The van der Waals surface area contributed by atoms with Gasteiger partial charge in [0.05, 0.1) is 30.6 Å². The summed E-state index contributed by atoms with van der Waals surface area (Å²) in [7, 11) is 2.12. The molecule has 8 nitrogen and oxygen atoms in total.